The van der Waals surface area contributed by atoms with Crippen LogP contribution in [0.2, 0.25) is 0 Å². The Balaban J connectivity index is 1.82. The number of amides is 1. The first-order chi connectivity index (χ1) is 11.2. The zero-order valence-electron chi connectivity index (χ0n) is 12.5. The fraction of sp³-hybridized carbons (Fsp3) is 0.111. The Bertz CT molecular complexity index is 797. The van der Waals surface area contributed by atoms with Crippen LogP contribution in [0.4, 0.5) is 0 Å². The summed E-state index contributed by atoms with van der Waals surface area (Å²) in [7, 11) is 0. The third-order valence-corrected chi connectivity index (χ3v) is 4.25. The van der Waals surface area contributed by atoms with Gasteiger partial charge >= 0.3 is 0 Å². The number of ether oxygens (including phenoxy) is 1. The Morgan fingerprint density at radius 2 is 2.00 bits per heavy atom. The average Bonchev–Trinajstić information content (AvgIpc) is 2.92. The number of carbonyl (C=O) groups is 1. The van der Waals surface area contributed by atoms with E-state index in [-0.39, 0.29) is 11.7 Å². The molecule has 0 atom stereocenters. The third-order valence-electron chi connectivity index (χ3n) is 3.22. The van der Waals surface area contributed by atoms with Crippen molar-refractivity contribution in [2.75, 3.05) is 6.61 Å². The van der Waals surface area contributed by atoms with Crippen molar-refractivity contribution >= 4 is 28.8 Å². The fourth-order valence-corrected chi connectivity index (χ4v) is 3.09. The zero-order chi connectivity index (χ0) is 16.2. The molecule has 2 aromatic carbocycles. The predicted molar refractivity (Wildman–Crippen MR) is 92.8 cm³/mol. The molecule has 1 N–H and O–H groups in total. The standard InChI is InChI=1S/C18H15NO3S/c1-2-22-15-9-8-12(10-14(15)20)11-16-17(21)19-18(23-16)13-6-4-3-5-7-13/h3-11,20H,2H2,1H3/b16-11-. The van der Waals surface area contributed by atoms with Gasteiger partial charge in [0, 0.05) is 5.56 Å². The molecule has 0 fully saturated rings. The van der Waals surface area contributed by atoms with Crippen molar-refractivity contribution in [1.29, 1.82) is 0 Å². The Morgan fingerprint density at radius 3 is 2.70 bits per heavy atom. The number of phenolic OH excluding ortho intramolecular Hbond substituents is 1. The van der Waals surface area contributed by atoms with Crippen molar-refractivity contribution in [2.24, 2.45) is 4.99 Å². The van der Waals surface area contributed by atoms with Crippen molar-refractivity contribution in [3.8, 4) is 11.5 Å². The van der Waals surface area contributed by atoms with E-state index in [9.17, 15) is 9.90 Å². The van der Waals surface area contributed by atoms with Gasteiger partial charge in [0.05, 0.1) is 11.5 Å². The summed E-state index contributed by atoms with van der Waals surface area (Å²) < 4.78 is 5.29. The summed E-state index contributed by atoms with van der Waals surface area (Å²) >= 11 is 1.34. The maximum Gasteiger partial charge on any atom is 0.284 e. The fourth-order valence-electron chi connectivity index (χ4n) is 2.17. The van der Waals surface area contributed by atoms with E-state index >= 15 is 0 Å². The summed E-state index contributed by atoms with van der Waals surface area (Å²) in [6.07, 6.45) is 1.72. The Hall–Kier alpha value is -2.53. The van der Waals surface area contributed by atoms with Gasteiger partial charge < -0.3 is 9.84 Å². The van der Waals surface area contributed by atoms with Gasteiger partial charge in [-0.25, -0.2) is 4.99 Å². The van der Waals surface area contributed by atoms with E-state index in [1.54, 1.807) is 24.3 Å². The quantitative estimate of drug-likeness (QED) is 0.867. The molecule has 0 saturated carbocycles. The summed E-state index contributed by atoms with van der Waals surface area (Å²) in [6.45, 7) is 2.34. The highest BCUT2D eigenvalue weighted by atomic mass is 32.2. The van der Waals surface area contributed by atoms with Crippen molar-refractivity contribution < 1.29 is 14.6 Å². The number of carbonyl (C=O) groups excluding carboxylic acids is 1. The Labute approximate surface area is 138 Å². The van der Waals surface area contributed by atoms with E-state index in [1.807, 2.05) is 37.3 Å². The molecule has 1 amide bonds. The van der Waals surface area contributed by atoms with Crippen LogP contribution in [0.15, 0.2) is 58.4 Å². The summed E-state index contributed by atoms with van der Waals surface area (Å²) in [6, 6.07) is 14.7. The lowest BCUT2D eigenvalue weighted by Crippen LogP contribution is -1.92. The first-order valence-corrected chi connectivity index (χ1v) is 8.03. The van der Waals surface area contributed by atoms with Crippen molar-refractivity contribution in [3.05, 3.63) is 64.6 Å². The summed E-state index contributed by atoms with van der Waals surface area (Å²) in [5.74, 6) is 0.226. The number of nitrogens with zero attached hydrogens (tertiary/aromatic N) is 1. The molecule has 0 radical (unpaired) electrons. The second kappa shape index (κ2) is 6.71. The minimum atomic E-state index is -0.262. The van der Waals surface area contributed by atoms with E-state index in [4.69, 9.17) is 4.74 Å². The molecule has 0 saturated heterocycles. The van der Waals surface area contributed by atoms with Gasteiger partial charge in [-0.05, 0) is 30.7 Å². The molecule has 1 heterocycles. The maximum absolute atomic E-state index is 12.1. The first kappa shape index (κ1) is 15.4. The highest BCUT2D eigenvalue weighted by Crippen LogP contribution is 2.33. The number of rotatable bonds is 4. The van der Waals surface area contributed by atoms with Gasteiger partial charge in [-0.15, -0.1) is 0 Å². The molecule has 116 valence electrons. The molecule has 0 spiro atoms. The zero-order valence-corrected chi connectivity index (χ0v) is 13.3. The molecule has 1 aliphatic heterocycles. The summed E-state index contributed by atoms with van der Waals surface area (Å²) in [4.78, 5) is 16.7. The third kappa shape index (κ3) is 3.46. The molecule has 0 aromatic heterocycles. The van der Waals surface area contributed by atoms with Gasteiger partial charge in [0.2, 0.25) is 0 Å². The molecule has 0 unspecified atom stereocenters. The second-order valence-corrected chi connectivity index (χ2v) is 5.89. The smallest absolute Gasteiger partial charge is 0.284 e. The molecule has 1 aliphatic rings. The maximum atomic E-state index is 12.1. The van der Waals surface area contributed by atoms with Crippen LogP contribution >= 0.6 is 11.8 Å². The monoisotopic (exact) mass is 325 g/mol. The molecule has 0 bridgehead atoms. The van der Waals surface area contributed by atoms with Crippen LogP contribution in [0.3, 0.4) is 0 Å². The number of phenols is 1. The first-order valence-electron chi connectivity index (χ1n) is 7.21. The summed E-state index contributed by atoms with van der Waals surface area (Å²) in [5.41, 5.74) is 1.65. The van der Waals surface area contributed by atoms with E-state index in [2.05, 4.69) is 4.99 Å². The van der Waals surface area contributed by atoms with Gasteiger partial charge in [-0.1, -0.05) is 48.2 Å². The van der Waals surface area contributed by atoms with E-state index in [0.717, 1.165) is 11.1 Å². The Kier molecular flexibility index (Phi) is 4.48. The van der Waals surface area contributed by atoms with Gasteiger partial charge in [-0.2, -0.15) is 0 Å². The lowest BCUT2D eigenvalue weighted by Gasteiger charge is -2.06. The molecule has 5 heteroatoms. The molecular weight excluding hydrogens is 310 g/mol. The average molecular weight is 325 g/mol. The van der Waals surface area contributed by atoms with E-state index in [1.165, 1.54) is 11.8 Å². The summed E-state index contributed by atoms with van der Waals surface area (Å²) in [5, 5.41) is 10.6. The van der Waals surface area contributed by atoms with Crippen molar-refractivity contribution in [3.63, 3.8) is 0 Å². The molecule has 4 nitrogen and oxygen atoms in total. The topological polar surface area (TPSA) is 58.9 Å². The predicted octanol–water partition coefficient (Wildman–Crippen LogP) is 3.85. The number of aromatic hydroxyl groups is 1. The lowest BCUT2D eigenvalue weighted by atomic mass is 10.2. The number of benzene rings is 2. The normalized spacial score (nSPS) is 15.8. The lowest BCUT2D eigenvalue weighted by molar-refractivity contribution is -0.113. The van der Waals surface area contributed by atoms with Crippen LogP contribution in [0.1, 0.15) is 18.1 Å². The van der Waals surface area contributed by atoms with Crippen LogP contribution in [0.5, 0.6) is 11.5 Å². The van der Waals surface area contributed by atoms with E-state index in [0.29, 0.717) is 22.3 Å². The van der Waals surface area contributed by atoms with Gasteiger partial charge in [0.25, 0.3) is 5.91 Å². The number of hydrogen-bond acceptors (Lipinski definition) is 4. The molecule has 0 aliphatic carbocycles. The van der Waals surface area contributed by atoms with Crippen LogP contribution < -0.4 is 4.74 Å². The highest BCUT2D eigenvalue weighted by molar-refractivity contribution is 8.19. The van der Waals surface area contributed by atoms with Crippen molar-refractivity contribution in [2.45, 2.75) is 6.92 Å². The molecular formula is C18H15NO3S. The van der Waals surface area contributed by atoms with Gasteiger partial charge in [0.1, 0.15) is 5.04 Å². The molecule has 2 aromatic rings. The minimum Gasteiger partial charge on any atom is -0.504 e. The van der Waals surface area contributed by atoms with Crippen molar-refractivity contribution in [1.82, 2.24) is 0 Å². The second-order valence-electron chi connectivity index (χ2n) is 4.86. The SMILES string of the molecule is CCOc1ccc(/C=C2\SC(c3ccccc3)=NC2=O)cc1O. The van der Waals surface area contributed by atoms with Crippen LogP contribution in [-0.4, -0.2) is 22.7 Å². The largest absolute Gasteiger partial charge is 0.504 e. The molecule has 3 rings (SSSR count). The van der Waals surface area contributed by atoms with Crippen LogP contribution in [-0.2, 0) is 4.79 Å². The highest BCUT2D eigenvalue weighted by Gasteiger charge is 2.22. The molecule has 23 heavy (non-hydrogen) atoms. The van der Waals surface area contributed by atoms with Gasteiger partial charge in [-0.3, -0.25) is 4.79 Å². The van der Waals surface area contributed by atoms with Gasteiger partial charge in [0.15, 0.2) is 11.5 Å². The van der Waals surface area contributed by atoms with Crippen LogP contribution in [0.25, 0.3) is 6.08 Å². The number of aliphatic imine (C=N–C) groups is 1. The number of hydrogen-bond donors (Lipinski definition) is 1. The minimum absolute atomic E-state index is 0.0563. The van der Waals surface area contributed by atoms with E-state index < -0.39 is 0 Å². The number of thioether (sulfide) groups is 1. The Morgan fingerprint density at radius 1 is 1.22 bits per heavy atom. The van der Waals surface area contributed by atoms with Crippen LogP contribution in [0, 0.1) is 0 Å².